The van der Waals surface area contributed by atoms with Crippen molar-refractivity contribution >= 4 is 24.8 Å². The van der Waals surface area contributed by atoms with Crippen LogP contribution in [0.1, 0.15) is 30.0 Å². The van der Waals surface area contributed by atoms with Crippen molar-refractivity contribution in [3.05, 3.63) is 35.1 Å². The van der Waals surface area contributed by atoms with E-state index in [-0.39, 0.29) is 30.6 Å². The molecule has 0 saturated carbocycles. The van der Waals surface area contributed by atoms with E-state index in [1.807, 2.05) is 13.0 Å². The summed E-state index contributed by atoms with van der Waals surface area (Å²) in [5, 5.41) is 3.42. The first-order valence-corrected chi connectivity index (χ1v) is 8.04. The third-order valence-corrected chi connectivity index (χ3v) is 4.81. The van der Waals surface area contributed by atoms with Gasteiger partial charge < -0.3 is 10.1 Å². The zero-order valence-electron chi connectivity index (χ0n) is 13.6. The highest BCUT2D eigenvalue weighted by Crippen LogP contribution is 2.36. The van der Waals surface area contributed by atoms with Crippen molar-refractivity contribution in [1.82, 2.24) is 10.2 Å². The van der Waals surface area contributed by atoms with Gasteiger partial charge in [-0.1, -0.05) is 6.07 Å². The number of benzene rings is 1. The van der Waals surface area contributed by atoms with Crippen LogP contribution >= 0.6 is 24.8 Å². The summed E-state index contributed by atoms with van der Waals surface area (Å²) in [4.78, 5) is 2.58. The highest BCUT2D eigenvalue weighted by atomic mass is 35.5. The molecular weight excluding hydrogens is 338 g/mol. The van der Waals surface area contributed by atoms with Gasteiger partial charge in [0.15, 0.2) is 0 Å². The van der Waals surface area contributed by atoms with Crippen molar-refractivity contribution in [3.8, 4) is 0 Å². The first-order valence-electron chi connectivity index (χ1n) is 8.04. The van der Waals surface area contributed by atoms with Crippen molar-refractivity contribution in [1.29, 1.82) is 0 Å². The molecule has 1 aromatic carbocycles. The maximum absolute atomic E-state index is 13.5. The minimum Gasteiger partial charge on any atom is -0.381 e. The number of aryl methyl sites for hydroxylation is 1. The summed E-state index contributed by atoms with van der Waals surface area (Å²) in [6.07, 6.45) is 2.21. The Labute approximate surface area is 150 Å². The molecule has 0 unspecified atom stereocenters. The molecule has 2 aliphatic rings. The predicted octanol–water partition coefficient (Wildman–Crippen LogP) is 3.35. The summed E-state index contributed by atoms with van der Waals surface area (Å²) in [6.45, 7) is 7.96. The van der Waals surface area contributed by atoms with Gasteiger partial charge in [0.2, 0.25) is 0 Å². The summed E-state index contributed by atoms with van der Waals surface area (Å²) in [7, 11) is 0. The molecule has 6 heteroatoms. The second-order valence-corrected chi connectivity index (χ2v) is 6.18. The van der Waals surface area contributed by atoms with Crippen LogP contribution in [0.2, 0.25) is 0 Å². The molecule has 132 valence electrons. The topological polar surface area (TPSA) is 24.5 Å². The van der Waals surface area contributed by atoms with Crippen molar-refractivity contribution < 1.29 is 9.13 Å². The highest BCUT2D eigenvalue weighted by molar-refractivity contribution is 5.85. The van der Waals surface area contributed by atoms with Crippen LogP contribution in [0.3, 0.4) is 0 Å². The van der Waals surface area contributed by atoms with Gasteiger partial charge in [0, 0.05) is 45.4 Å². The van der Waals surface area contributed by atoms with E-state index in [0.29, 0.717) is 12.0 Å². The van der Waals surface area contributed by atoms with E-state index in [1.165, 1.54) is 5.56 Å². The zero-order valence-corrected chi connectivity index (χ0v) is 15.2. The van der Waals surface area contributed by atoms with Gasteiger partial charge in [-0.2, -0.15) is 0 Å². The summed E-state index contributed by atoms with van der Waals surface area (Å²) in [5.74, 6) is 0.475. The second-order valence-electron chi connectivity index (χ2n) is 6.18. The minimum absolute atomic E-state index is 0. The lowest BCUT2D eigenvalue weighted by molar-refractivity contribution is 0.0211. The third-order valence-electron chi connectivity index (χ3n) is 4.81. The Morgan fingerprint density at radius 2 is 1.83 bits per heavy atom. The van der Waals surface area contributed by atoms with Crippen LogP contribution < -0.4 is 5.32 Å². The number of rotatable bonds is 3. The smallest absolute Gasteiger partial charge is 0.123 e. The molecule has 2 fully saturated rings. The van der Waals surface area contributed by atoms with Crippen LogP contribution in [-0.4, -0.2) is 44.3 Å². The Morgan fingerprint density at radius 3 is 2.43 bits per heavy atom. The number of nitrogens with one attached hydrogen (secondary N) is 1. The van der Waals surface area contributed by atoms with Crippen LogP contribution in [0.4, 0.5) is 4.39 Å². The Bertz CT molecular complexity index is 460. The lowest BCUT2D eigenvalue weighted by Crippen LogP contribution is -2.47. The van der Waals surface area contributed by atoms with Gasteiger partial charge in [-0.05, 0) is 48.9 Å². The molecule has 1 N–H and O–H groups in total. The highest BCUT2D eigenvalue weighted by Gasteiger charge is 2.32. The fourth-order valence-corrected chi connectivity index (χ4v) is 3.71. The SMILES string of the molecule is Cc1cc(F)ccc1[C@H](C1CCOCC1)N1CCNCC1.Cl.Cl. The van der Waals surface area contributed by atoms with E-state index < -0.39 is 0 Å². The van der Waals surface area contributed by atoms with Gasteiger partial charge in [-0.25, -0.2) is 4.39 Å². The molecule has 1 aromatic rings. The largest absolute Gasteiger partial charge is 0.381 e. The molecule has 0 amide bonds. The van der Waals surface area contributed by atoms with Crippen LogP contribution in [-0.2, 0) is 4.74 Å². The van der Waals surface area contributed by atoms with Crippen molar-refractivity contribution in [2.24, 2.45) is 5.92 Å². The molecule has 2 heterocycles. The third kappa shape index (κ3) is 5.04. The van der Waals surface area contributed by atoms with E-state index in [4.69, 9.17) is 4.74 Å². The molecule has 0 aliphatic carbocycles. The molecule has 0 spiro atoms. The summed E-state index contributed by atoms with van der Waals surface area (Å²) < 4.78 is 19.0. The Hall–Kier alpha value is -0.390. The molecule has 2 saturated heterocycles. The quantitative estimate of drug-likeness (QED) is 0.889. The molecule has 0 aromatic heterocycles. The standard InChI is InChI=1S/C17H25FN2O.2ClH/c1-13-12-15(18)2-3-16(13)17(14-4-10-21-11-5-14)20-8-6-19-7-9-20;;/h2-3,12,14,17,19H,4-11H2,1H3;2*1H/t17-;;/m0../s1. The van der Waals surface area contributed by atoms with E-state index >= 15 is 0 Å². The van der Waals surface area contributed by atoms with Crippen molar-refractivity contribution in [2.45, 2.75) is 25.8 Å². The second kappa shape index (κ2) is 9.80. The number of hydrogen-bond acceptors (Lipinski definition) is 3. The summed E-state index contributed by atoms with van der Waals surface area (Å²) in [5.41, 5.74) is 2.37. The number of piperazine rings is 1. The molecular formula is C17H27Cl2FN2O. The van der Waals surface area contributed by atoms with E-state index in [1.54, 1.807) is 12.1 Å². The van der Waals surface area contributed by atoms with Crippen LogP contribution in [0.25, 0.3) is 0 Å². The predicted molar refractivity (Wildman–Crippen MR) is 96.4 cm³/mol. The lowest BCUT2D eigenvalue weighted by atomic mass is 9.84. The molecule has 0 bridgehead atoms. The van der Waals surface area contributed by atoms with Crippen LogP contribution in [0.15, 0.2) is 18.2 Å². The summed E-state index contributed by atoms with van der Waals surface area (Å²) >= 11 is 0. The van der Waals surface area contributed by atoms with Crippen LogP contribution in [0, 0.1) is 18.7 Å². The first kappa shape index (κ1) is 20.7. The summed E-state index contributed by atoms with van der Waals surface area (Å²) in [6, 6.07) is 5.67. The molecule has 3 nitrogen and oxygen atoms in total. The molecule has 23 heavy (non-hydrogen) atoms. The number of ether oxygens (including phenoxy) is 1. The van der Waals surface area contributed by atoms with Crippen molar-refractivity contribution in [2.75, 3.05) is 39.4 Å². The van der Waals surface area contributed by atoms with Gasteiger partial charge in [0.25, 0.3) is 0 Å². The molecule has 0 radical (unpaired) electrons. The van der Waals surface area contributed by atoms with Gasteiger partial charge >= 0.3 is 0 Å². The van der Waals surface area contributed by atoms with Crippen LogP contribution in [0.5, 0.6) is 0 Å². The van der Waals surface area contributed by atoms with Gasteiger partial charge in [0.05, 0.1) is 0 Å². The average molecular weight is 365 g/mol. The Balaban J connectivity index is 0.00000132. The number of hydrogen-bond donors (Lipinski definition) is 1. The molecule has 1 atom stereocenters. The molecule has 2 aliphatic heterocycles. The first-order chi connectivity index (χ1) is 10.3. The number of halogens is 3. The van der Waals surface area contributed by atoms with Gasteiger partial charge in [-0.3, -0.25) is 4.90 Å². The van der Waals surface area contributed by atoms with E-state index in [0.717, 1.165) is 57.8 Å². The average Bonchev–Trinajstić information content (AvgIpc) is 2.52. The van der Waals surface area contributed by atoms with E-state index in [2.05, 4.69) is 10.2 Å². The van der Waals surface area contributed by atoms with Crippen molar-refractivity contribution in [3.63, 3.8) is 0 Å². The molecule has 3 rings (SSSR count). The maximum Gasteiger partial charge on any atom is 0.123 e. The maximum atomic E-state index is 13.5. The zero-order chi connectivity index (χ0) is 14.7. The normalized spacial score (nSPS) is 21.1. The minimum atomic E-state index is -0.137. The Kier molecular flexibility index (Phi) is 8.80. The number of nitrogens with zero attached hydrogens (tertiary/aromatic N) is 1. The fraction of sp³-hybridized carbons (Fsp3) is 0.647. The van der Waals surface area contributed by atoms with Gasteiger partial charge in [-0.15, -0.1) is 24.8 Å². The van der Waals surface area contributed by atoms with Gasteiger partial charge in [0.1, 0.15) is 5.82 Å². The monoisotopic (exact) mass is 364 g/mol. The Morgan fingerprint density at radius 1 is 1.17 bits per heavy atom. The lowest BCUT2D eigenvalue weighted by Gasteiger charge is -2.41. The fourth-order valence-electron chi connectivity index (χ4n) is 3.71. The van der Waals surface area contributed by atoms with E-state index in [9.17, 15) is 4.39 Å².